The van der Waals surface area contributed by atoms with Crippen LogP contribution in [0.3, 0.4) is 0 Å². The zero-order valence-electron chi connectivity index (χ0n) is 21.0. The average molecular weight is 510 g/mol. The summed E-state index contributed by atoms with van der Waals surface area (Å²) < 4.78 is 41.4. The molecule has 0 spiro atoms. The van der Waals surface area contributed by atoms with Crippen molar-refractivity contribution in [2.75, 3.05) is 19.9 Å². The van der Waals surface area contributed by atoms with Gasteiger partial charge in [0.1, 0.15) is 23.2 Å². The fraction of sp³-hybridized carbons (Fsp3) is 0.458. The van der Waals surface area contributed by atoms with Crippen LogP contribution >= 0.6 is 0 Å². The molecule has 1 fully saturated rings. The van der Waals surface area contributed by atoms with E-state index < -0.39 is 30.0 Å². The summed E-state index contributed by atoms with van der Waals surface area (Å²) in [4.78, 5) is 20.6. The molecule has 2 aromatic rings. The van der Waals surface area contributed by atoms with Gasteiger partial charge >= 0.3 is 6.61 Å². The van der Waals surface area contributed by atoms with Crippen LogP contribution in [-0.4, -0.2) is 53.5 Å². The Morgan fingerprint density at radius 3 is 2.25 bits per heavy atom. The molecule has 1 aromatic heterocycles. The molecule has 0 aliphatic heterocycles. The summed E-state index contributed by atoms with van der Waals surface area (Å²) in [6, 6.07) is 2.60. The predicted octanol–water partition coefficient (Wildman–Crippen LogP) is 3.08. The van der Waals surface area contributed by atoms with E-state index in [4.69, 9.17) is 20.9 Å². The number of nitrogens with zero attached hydrogens (tertiary/aromatic N) is 2. The van der Waals surface area contributed by atoms with Gasteiger partial charge < -0.3 is 36.1 Å². The number of ether oxygens (including phenoxy) is 3. The van der Waals surface area contributed by atoms with E-state index in [2.05, 4.69) is 20.0 Å². The van der Waals surface area contributed by atoms with Gasteiger partial charge in [0.2, 0.25) is 0 Å². The zero-order chi connectivity index (χ0) is 27.0. The van der Waals surface area contributed by atoms with Crippen molar-refractivity contribution < 1.29 is 32.9 Å². The van der Waals surface area contributed by atoms with Crippen LogP contribution in [0.15, 0.2) is 24.5 Å². The first-order chi connectivity index (χ1) is 16.9. The first kappa shape index (κ1) is 28.6. The summed E-state index contributed by atoms with van der Waals surface area (Å²) in [6.07, 6.45) is 6.33. The molecular formula is C24H33F2N5O5. The minimum atomic E-state index is -3.19. The smallest absolute Gasteiger partial charge is 0.387 e. The molecule has 12 heteroatoms. The van der Waals surface area contributed by atoms with Crippen molar-refractivity contribution in [3.8, 4) is 17.2 Å². The van der Waals surface area contributed by atoms with Crippen LogP contribution in [0.2, 0.25) is 0 Å². The average Bonchev–Trinajstić information content (AvgIpc) is 3.69. The number of aromatic nitrogens is 2. The number of benzene rings is 1. The lowest BCUT2D eigenvalue weighted by atomic mass is 10.0. The number of nitrogens with two attached hydrogens (primary N) is 2. The molecule has 0 bridgehead atoms. The Labute approximate surface area is 208 Å². The maximum absolute atomic E-state index is 13.0. The van der Waals surface area contributed by atoms with E-state index in [0.717, 1.165) is 6.20 Å². The number of nitrogens with one attached hydrogen (secondary N) is 1. The molecule has 0 saturated heterocycles. The monoisotopic (exact) mass is 509 g/mol. The Morgan fingerprint density at radius 2 is 1.81 bits per heavy atom. The van der Waals surface area contributed by atoms with Gasteiger partial charge in [-0.05, 0) is 38.5 Å². The number of nitrogen functional groups attached to an aromatic ring is 1. The highest BCUT2D eigenvalue weighted by Crippen LogP contribution is 2.36. The van der Waals surface area contributed by atoms with Crippen molar-refractivity contribution in [1.82, 2.24) is 15.3 Å². The van der Waals surface area contributed by atoms with Gasteiger partial charge in [0.15, 0.2) is 17.4 Å². The summed E-state index contributed by atoms with van der Waals surface area (Å²) in [5, 5.41) is 12.4. The molecule has 0 radical (unpaired) electrons. The van der Waals surface area contributed by atoms with Crippen molar-refractivity contribution in [3.05, 3.63) is 41.5 Å². The highest BCUT2D eigenvalue weighted by molar-refractivity contribution is 6.00. The van der Waals surface area contributed by atoms with Gasteiger partial charge in [0.05, 0.1) is 18.9 Å². The Kier molecular flexibility index (Phi) is 9.79. The van der Waals surface area contributed by atoms with Gasteiger partial charge in [-0.25, -0.2) is 9.97 Å². The van der Waals surface area contributed by atoms with Crippen LogP contribution < -0.4 is 31.0 Å². The van der Waals surface area contributed by atoms with Gasteiger partial charge in [-0.3, -0.25) is 4.79 Å². The Balaban J connectivity index is 0.00000141. The molecular weight excluding hydrogens is 476 g/mol. The molecule has 1 heterocycles. The minimum Gasteiger partial charge on any atom is -0.496 e. The molecule has 1 atom stereocenters. The van der Waals surface area contributed by atoms with Crippen LogP contribution in [0.4, 0.5) is 14.6 Å². The fourth-order valence-electron chi connectivity index (χ4n) is 2.68. The molecule has 6 N–H and O–H groups in total. The van der Waals surface area contributed by atoms with Crippen molar-refractivity contribution in [2.24, 2.45) is 5.73 Å². The minimum absolute atomic E-state index is 0.0335. The Hall–Kier alpha value is -3.67. The highest BCUT2D eigenvalue weighted by atomic mass is 19.3. The maximum Gasteiger partial charge on any atom is 0.387 e. The molecule has 1 amide bonds. The number of hydrogen-bond donors (Lipinski definition) is 4. The molecule has 1 aliphatic carbocycles. The van der Waals surface area contributed by atoms with Gasteiger partial charge in [-0.2, -0.15) is 8.78 Å². The van der Waals surface area contributed by atoms with Crippen LogP contribution in [0.1, 0.15) is 61.8 Å². The maximum atomic E-state index is 13.0. The van der Waals surface area contributed by atoms with E-state index in [9.17, 15) is 18.7 Å². The quantitative estimate of drug-likeness (QED) is 0.399. The first-order valence-electron chi connectivity index (χ1n) is 11.3. The molecule has 1 aromatic carbocycles. The largest absolute Gasteiger partial charge is 0.496 e. The lowest BCUT2D eigenvalue weighted by Gasteiger charge is -2.26. The van der Waals surface area contributed by atoms with Crippen molar-refractivity contribution in [1.29, 1.82) is 0 Å². The number of amides is 1. The second-order valence-corrected chi connectivity index (χ2v) is 8.51. The van der Waals surface area contributed by atoms with Gasteiger partial charge in [-0.15, -0.1) is 0 Å². The summed E-state index contributed by atoms with van der Waals surface area (Å²) in [7, 11) is 2.61. The van der Waals surface area contributed by atoms with Gasteiger partial charge in [0.25, 0.3) is 5.91 Å². The number of carbonyl (C=O) groups excluding carboxylic acids is 1. The second kappa shape index (κ2) is 12.3. The molecule has 3 rings (SSSR count). The number of rotatable bonds is 9. The molecule has 1 unspecified atom stereocenters. The lowest BCUT2D eigenvalue weighted by molar-refractivity contribution is -0.0502. The van der Waals surface area contributed by atoms with E-state index in [0.29, 0.717) is 0 Å². The molecule has 36 heavy (non-hydrogen) atoms. The number of methoxy groups -OCH3 is 1. The molecule has 198 valence electrons. The Bertz CT molecular complexity index is 1080. The summed E-state index contributed by atoms with van der Waals surface area (Å²) >= 11 is 0. The van der Waals surface area contributed by atoms with E-state index in [1.807, 2.05) is 0 Å². The third-order valence-electron chi connectivity index (χ3n) is 5.11. The van der Waals surface area contributed by atoms with E-state index in [1.165, 1.54) is 51.7 Å². The lowest BCUT2D eigenvalue weighted by Crippen LogP contribution is -2.38. The third kappa shape index (κ3) is 7.67. The predicted molar refractivity (Wildman–Crippen MR) is 131 cm³/mol. The number of halogens is 2. The van der Waals surface area contributed by atoms with Crippen LogP contribution in [0.25, 0.3) is 5.57 Å². The third-order valence-corrected chi connectivity index (χ3v) is 5.11. The number of carbonyl (C=O) groups is 1. The summed E-state index contributed by atoms with van der Waals surface area (Å²) in [5.74, 6) is -0.988. The zero-order valence-corrected chi connectivity index (χ0v) is 21.0. The van der Waals surface area contributed by atoms with Crippen molar-refractivity contribution in [2.45, 2.75) is 58.4 Å². The molecule has 1 aliphatic rings. The normalized spacial score (nSPS) is 13.9. The fourth-order valence-corrected chi connectivity index (χ4v) is 2.68. The highest BCUT2D eigenvalue weighted by Gasteiger charge is 2.26. The van der Waals surface area contributed by atoms with E-state index in [1.54, 1.807) is 20.8 Å². The number of alkyl halides is 2. The van der Waals surface area contributed by atoms with Crippen LogP contribution in [-0.2, 0) is 0 Å². The Morgan fingerprint density at radius 1 is 1.19 bits per heavy atom. The van der Waals surface area contributed by atoms with Crippen LogP contribution in [0, 0.1) is 0 Å². The van der Waals surface area contributed by atoms with Crippen molar-refractivity contribution >= 4 is 17.3 Å². The summed E-state index contributed by atoms with van der Waals surface area (Å²) in [6.45, 7) is 1.61. The van der Waals surface area contributed by atoms with Gasteiger partial charge in [0, 0.05) is 18.8 Å². The standard InChI is InChI=1S/C21H27F2N5O5.C3H6/c1-10(21(2,3)30)32-15-9-27-18(28-17(15)25)12(8-24)11-6-13(31-5)16(19(29)26-4)14(7-11)33-20(22)23;1-2-3-1/h6-10,20,30H,24H2,1-5H3,(H,26,29)(H2,25,27,28);1-3H2/b12-8-;. The van der Waals surface area contributed by atoms with E-state index >= 15 is 0 Å². The summed E-state index contributed by atoms with van der Waals surface area (Å²) in [5.41, 5.74) is 10.8. The SMILES string of the molecule is C1CC1.CNC(=O)c1c(OC)cc(/C(=C/N)c2ncc(OC(C)C(C)(C)O)c(N)n2)cc1OC(F)F. The number of hydrogen-bond acceptors (Lipinski definition) is 9. The number of aliphatic hydroxyl groups is 1. The molecule has 1 saturated carbocycles. The van der Waals surface area contributed by atoms with E-state index in [-0.39, 0.29) is 39.8 Å². The molecule has 10 nitrogen and oxygen atoms in total. The first-order valence-corrected chi connectivity index (χ1v) is 11.3. The topological polar surface area (TPSA) is 155 Å². The van der Waals surface area contributed by atoms with Crippen molar-refractivity contribution in [3.63, 3.8) is 0 Å². The number of anilines is 1. The van der Waals surface area contributed by atoms with Crippen LogP contribution in [0.5, 0.6) is 17.2 Å². The second-order valence-electron chi connectivity index (χ2n) is 8.51. The van der Waals surface area contributed by atoms with Gasteiger partial charge in [-0.1, -0.05) is 19.3 Å².